The molecule has 120 valence electrons. The van der Waals surface area contributed by atoms with Crippen LogP contribution in [0, 0.1) is 5.82 Å². The molecule has 1 aliphatic carbocycles. The normalized spacial score (nSPS) is 15.1. The maximum atomic E-state index is 14.0. The van der Waals surface area contributed by atoms with Crippen molar-refractivity contribution in [1.29, 1.82) is 0 Å². The van der Waals surface area contributed by atoms with Crippen molar-refractivity contribution in [3.05, 3.63) is 53.5 Å². The van der Waals surface area contributed by atoms with Crippen LogP contribution >= 0.6 is 22.6 Å². The molecule has 1 aromatic heterocycles. The molecule has 0 bridgehead atoms. The van der Waals surface area contributed by atoms with Crippen molar-refractivity contribution >= 4 is 28.5 Å². The molecule has 4 nitrogen and oxygen atoms in total. The SMILES string of the molecule is CNC(=O)c1cnc(Oc2ccc(C3(CI)CC3)cc2)c(F)c1. The molecule has 6 heteroatoms. The maximum Gasteiger partial charge on any atom is 0.255 e. The molecular weight excluding hydrogens is 410 g/mol. The number of nitrogens with zero attached hydrogens (tertiary/aromatic N) is 1. The highest BCUT2D eigenvalue weighted by molar-refractivity contribution is 14.1. The largest absolute Gasteiger partial charge is 0.436 e. The first-order chi connectivity index (χ1) is 11.1. The second-order valence-corrected chi connectivity index (χ2v) is 6.39. The predicted molar refractivity (Wildman–Crippen MR) is 93.9 cm³/mol. The lowest BCUT2D eigenvalue weighted by Gasteiger charge is -2.13. The molecule has 1 fully saturated rings. The van der Waals surface area contributed by atoms with Crippen LogP contribution in [0.15, 0.2) is 36.5 Å². The number of nitrogens with one attached hydrogen (secondary N) is 1. The Labute approximate surface area is 147 Å². The number of carbonyl (C=O) groups is 1. The second kappa shape index (κ2) is 6.43. The number of benzene rings is 1. The number of aromatic nitrogens is 1. The Kier molecular flexibility index (Phi) is 4.52. The summed E-state index contributed by atoms with van der Waals surface area (Å²) in [7, 11) is 1.48. The van der Waals surface area contributed by atoms with E-state index in [0.717, 1.165) is 10.5 Å². The van der Waals surface area contributed by atoms with E-state index < -0.39 is 5.82 Å². The zero-order valence-electron chi connectivity index (χ0n) is 12.6. The fraction of sp³-hybridized carbons (Fsp3) is 0.294. The van der Waals surface area contributed by atoms with E-state index in [0.29, 0.717) is 11.2 Å². The quantitative estimate of drug-likeness (QED) is 0.584. The molecule has 1 aromatic carbocycles. The number of rotatable bonds is 5. The molecule has 0 aliphatic heterocycles. The van der Waals surface area contributed by atoms with Crippen LogP contribution in [0.1, 0.15) is 28.8 Å². The average molecular weight is 426 g/mol. The summed E-state index contributed by atoms with van der Waals surface area (Å²) in [5, 5.41) is 2.42. The van der Waals surface area contributed by atoms with Crippen molar-refractivity contribution < 1.29 is 13.9 Å². The minimum absolute atomic E-state index is 0.138. The summed E-state index contributed by atoms with van der Waals surface area (Å²) in [5.74, 6) is -0.667. The molecule has 1 saturated carbocycles. The van der Waals surface area contributed by atoms with Gasteiger partial charge in [-0.3, -0.25) is 4.79 Å². The molecule has 2 aromatic rings. The van der Waals surface area contributed by atoms with E-state index >= 15 is 0 Å². The molecule has 3 rings (SSSR count). The van der Waals surface area contributed by atoms with Gasteiger partial charge in [-0.15, -0.1) is 0 Å². The van der Waals surface area contributed by atoms with Crippen LogP contribution in [0.5, 0.6) is 11.6 Å². The summed E-state index contributed by atoms with van der Waals surface area (Å²) in [6.45, 7) is 0. The average Bonchev–Trinajstić information content (AvgIpc) is 3.38. The Bertz CT molecular complexity index is 730. The monoisotopic (exact) mass is 426 g/mol. The highest BCUT2D eigenvalue weighted by Crippen LogP contribution is 2.49. The van der Waals surface area contributed by atoms with Gasteiger partial charge in [0.2, 0.25) is 0 Å². The number of amides is 1. The number of ether oxygens (including phenoxy) is 1. The number of pyridine rings is 1. The van der Waals surface area contributed by atoms with Crippen LogP contribution in [0.3, 0.4) is 0 Å². The number of carbonyl (C=O) groups excluding carboxylic acids is 1. The van der Waals surface area contributed by atoms with Gasteiger partial charge in [0.1, 0.15) is 5.75 Å². The number of alkyl halides is 1. The highest BCUT2D eigenvalue weighted by atomic mass is 127. The van der Waals surface area contributed by atoms with Gasteiger partial charge in [0.05, 0.1) is 5.56 Å². The molecule has 23 heavy (non-hydrogen) atoms. The van der Waals surface area contributed by atoms with Gasteiger partial charge in [0.15, 0.2) is 5.82 Å². The van der Waals surface area contributed by atoms with Gasteiger partial charge in [0, 0.05) is 23.1 Å². The van der Waals surface area contributed by atoms with Crippen LogP contribution in [-0.2, 0) is 5.41 Å². The number of hydrogen-bond donors (Lipinski definition) is 1. The van der Waals surface area contributed by atoms with Gasteiger partial charge in [0.25, 0.3) is 11.8 Å². The van der Waals surface area contributed by atoms with Gasteiger partial charge >= 0.3 is 0 Å². The number of hydrogen-bond acceptors (Lipinski definition) is 3. The van der Waals surface area contributed by atoms with Crippen molar-refractivity contribution in [1.82, 2.24) is 10.3 Å². The van der Waals surface area contributed by atoms with Crippen LogP contribution in [0.2, 0.25) is 0 Å². The molecule has 0 spiro atoms. The zero-order chi connectivity index (χ0) is 16.4. The molecule has 0 radical (unpaired) electrons. The highest BCUT2D eigenvalue weighted by Gasteiger charge is 2.42. The Hall–Kier alpha value is -1.70. The summed E-state index contributed by atoms with van der Waals surface area (Å²) in [6, 6.07) is 8.82. The smallest absolute Gasteiger partial charge is 0.255 e. The lowest BCUT2D eigenvalue weighted by atomic mass is 9.98. The minimum Gasteiger partial charge on any atom is -0.436 e. The van der Waals surface area contributed by atoms with Crippen LogP contribution in [-0.4, -0.2) is 22.4 Å². The predicted octanol–water partition coefficient (Wildman–Crippen LogP) is 3.84. The van der Waals surface area contributed by atoms with Gasteiger partial charge in [-0.05, 0) is 36.6 Å². The lowest BCUT2D eigenvalue weighted by Crippen LogP contribution is -2.18. The van der Waals surface area contributed by atoms with Gasteiger partial charge in [-0.2, -0.15) is 0 Å². The Morgan fingerprint density at radius 1 is 1.39 bits per heavy atom. The first-order valence-electron chi connectivity index (χ1n) is 7.30. The lowest BCUT2D eigenvalue weighted by molar-refractivity contribution is 0.0962. The van der Waals surface area contributed by atoms with E-state index in [-0.39, 0.29) is 17.4 Å². The number of halogens is 2. The molecule has 0 unspecified atom stereocenters. The van der Waals surface area contributed by atoms with E-state index in [9.17, 15) is 9.18 Å². The Morgan fingerprint density at radius 2 is 2.09 bits per heavy atom. The molecule has 1 N–H and O–H groups in total. The van der Waals surface area contributed by atoms with Gasteiger partial charge in [-0.25, -0.2) is 9.37 Å². The van der Waals surface area contributed by atoms with Crippen molar-refractivity contribution in [2.45, 2.75) is 18.3 Å². The molecule has 1 heterocycles. The third-order valence-corrected chi connectivity index (χ3v) is 5.55. The summed E-state index contributed by atoms with van der Waals surface area (Å²) < 4.78 is 20.6. The van der Waals surface area contributed by atoms with Gasteiger partial charge in [-0.1, -0.05) is 34.7 Å². The molecule has 0 saturated heterocycles. The summed E-state index contributed by atoms with van der Waals surface area (Å²) in [5.41, 5.74) is 1.77. The van der Waals surface area contributed by atoms with E-state index in [1.165, 1.54) is 31.6 Å². The molecule has 0 atom stereocenters. The van der Waals surface area contributed by atoms with Crippen molar-refractivity contribution in [2.75, 3.05) is 11.5 Å². The zero-order valence-corrected chi connectivity index (χ0v) is 14.8. The molecular formula is C17H16FIN2O2. The van der Waals surface area contributed by atoms with Crippen molar-refractivity contribution in [3.63, 3.8) is 0 Å². The summed E-state index contributed by atoms with van der Waals surface area (Å²) in [4.78, 5) is 15.3. The fourth-order valence-electron chi connectivity index (χ4n) is 2.41. The Balaban J connectivity index is 1.76. The summed E-state index contributed by atoms with van der Waals surface area (Å²) in [6.07, 6.45) is 3.72. The maximum absolute atomic E-state index is 14.0. The van der Waals surface area contributed by atoms with Gasteiger partial charge < -0.3 is 10.1 Å². The third kappa shape index (κ3) is 3.31. The first-order valence-corrected chi connectivity index (χ1v) is 8.82. The fourth-order valence-corrected chi connectivity index (χ4v) is 3.61. The van der Waals surface area contributed by atoms with Crippen LogP contribution < -0.4 is 10.1 Å². The first kappa shape index (κ1) is 16.2. The Morgan fingerprint density at radius 3 is 2.61 bits per heavy atom. The van der Waals surface area contributed by atoms with E-state index in [1.807, 2.05) is 24.3 Å². The second-order valence-electron chi connectivity index (χ2n) is 5.63. The van der Waals surface area contributed by atoms with Crippen LogP contribution in [0.4, 0.5) is 4.39 Å². The van der Waals surface area contributed by atoms with Crippen molar-refractivity contribution in [2.24, 2.45) is 0 Å². The minimum atomic E-state index is -0.666. The van der Waals surface area contributed by atoms with Crippen molar-refractivity contribution in [3.8, 4) is 11.6 Å². The standard InChI is InChI=1S/C17H16FIN2O2/c1-20-15(22)11-8-14(18)16(21-9-11)23-13-4-2-12(3-5-13)17(10-19)6-7-17/h2-5,8-9H,6-7,10H2,1H3,(H,20,22). The third-order valence-electron chi connectivity index (χ3n) is 4.09. The van der Waals surface area contributed by atoms with Crippen LogP contribution in [0.25, 0.3) is 0 Å². The molecule has 1 aliphatic rings. The van der Waals surface area contributed by atoms with E-state index in [4.69, 9.17) is 4.74 Å². The summed E-state index contributed by atoms with van der Waals surface area (Å²) >= 11 is 2.42. The van der Waals surface area contributed by atoms with E-state index in [1.54, 1.807) is 0 Å². The topological polar surface area (TPSA) is 51.2 Å². The molecule has 1 amide bonds. The van der Waals surface area contributed by atoms with E-state index in [2.05, 4.69) is 32.9 Å².